The van der Waals surface area contributed by atoms with Crippen LogP contribution >= 0.6 is 0 Å². The summed E-state index contributed by atoms with van der Waals surface area (Å²) in [5.41, 5.74) is -0.774. The molecule has 2 bridgehead atoms. The molecule has 2 saturated heterocycles. The van der Waals surface area contributed by atoms with Crippen LogP contribution in [0, 0.1) is 17.6 Å². The predicted octanol–water partition coefficient (Wildman–Crippen LogP) is 4.33. The summed E-state index contributed by atoms with van der Waals surface area (Å²) in [7, 11) is 0. The first kappa shape index (κ1) is 17.8. The lowest BCUT2D eigenvalue weighted by Gasteiger charge is -2.39. The summed E-state index contributed by atoms with van der Waals surface area (Å²) in [5.74, 6) is -2.88. The van der Waals surface area contributed by atoms with Crippen LogP contribution in [-0.2, 0) is 4.74 Å². The van der Waals surface area contributed by atoms with Gasteiger partial charge in [-0.3, -0.25) is 4.79 Å². The van der Waals surface area contributed by atoms with Crippen molar-refractivity contribution in [1.82, 2.24) is 4.90 Å². The highest BCUT2D eigenvalue weighted by Crippen LogP contribution is 2.40. The fraction of sp³-hybridized carbons (Fsp3) is 0.579. The Morgan fingerprint density at radius 2 is 1.72 bits per heavy atom. The van der Waals surface area contributed by atoms with Crippen LogP contribution < -0.4 is 0 Å². The lowest BCUT2D eigenvalue weighted by atomic mass is 9.84. The first-order chi connectivity index (χ1) is 11.7. The molecule has 6 heteroatoms. The molecule has 0 N–H and O–H groups in total. The minimum Gasteiger partial charge on any atom is -0.444 e. The van der Waals surface area contributed by atoms with Crippen LogP contribution in [0.5, 0.6) is 0 Å². The third kappa shape index (κ3) is 3.53. The molecule has 3 rings (SSSR count). The number of carbonyl (C=O) groups is 2. The summed E-state index contributed by atoms with van der Waals surface area (Å²) in [6.45, 7) is 5.45. The van der Waals surface area contributed by atoms with E-state index in [0.717, 1.165) is 18.9 Å². The van der Waals surface area contributed by atoms with E-state index >= 15 is 0 Å². The minimum atomic E-state index is -1.09. The van der Waals surface area contributed by atoms with Crippen molar-refractivity contribution in [3.05, 3.63) is 35.4 Å². The summed E-state index contributed by atoms with van der Waals surface area (Å²) in [6.07, 6.45) is 2.18. The molecule has 0 aromatic heterocycles. The van der Waals surface area contributed by atoms with Gasteiger partial charge in [-0.2, -0.15) is 0 Å². The maximum atomic E-state index is 13.9. The van der Waals surface area contributed by atoms with Gasteiger partial charge < -0.3 is 9.64 Å². The van der Waals surface area contributed by atoms with Crippen LogP contribution in [0.25, 0.3) is 0 Å². The largest absolute Gasteiger partial charge is 0.444 e. The monoisotopic (exact) mass is 351 g/mol. The zero-order chi connectivity index (χ0) is 18.4. The summed E-state index contributed by atoms with van der Waals surface area (Å²) in [6, 6.07) is 3.50. The average molecular weight is 351 g/mol. The lowest BCUT2D eigenvalue weighted by molar-refractivity contribution is 0.00250. The number of halogens is 2. The Hall–Kier alpha value is -1.98. The second-order valence-corrected chi connectivity index (χ2v) is 7.91. The van der Waals surface area contributed by atoms with Crippen LogP contribution in [-0.4, -0.2) is 34.5 Å². The molecule has 2 unspecified atom stereocenters. The zero-order valence-corrected chi connectivity index (χ0v) is 14.7. The van der Waals surface area contributed by atoms with Gasteiger partial charge in [-0.05, 0) is 58.6 Å². The molecule has 0 saturated carbocycles. The Morgan fingerprint density at radius 1 is 1.12 bits per heavy atom. The molecule has 2 fully saturated rings. The second-order valence-electron chi connectivity index (χ2n) is 7.91. The molecule has 0 spiro atoms. The van der Waals surface area contributed by atoms with Gasteiger partial charge in [-0.1, -0.05) is 6.07 Å². The summed E-state index contributed by atoms with van der Waals surface area (Å²) in [5, 5.41) is 0. The van der Waals surface area contributed by atoms with Crippen molar-refractivity contribution >= 4 is 11.9 Å². The second kappa shape index (κ2) is 6.39. The molecule has 1 amide bonds. The lowest BCUT2D eigenvalue weighted by Crippen LogP contribution is -2.49. The van der Waals surface area contributed by atoms with Crippen LogP contribution in [0.2, 0.25) is 0 Å². The number of benzene rings is 1. The number of rotatable bonds is 2. The highest BCUT2D eigenvalue weighted by Gasteiger charge is 2.46. The molecular formula is C19H23F2NO3. The number of amides is 1. The molecule has 0 radical (unpaired) electrons. The van der Waals surface area contributed by atoms with Crippen LogP contribution in [0.4, 0.5) is 13.6 Å². The van der Waals surface area contributed by atoms with Crippen molar-refractivity contribution in [2.75, 3.05) is 0 Å². The molecule has 4 nitrogen and oxygen atoms in total. The SMILES string of the molecule is CC(C)(C)OC(=O)N1C2CCC1CC(C(=O)c1cccc(F)c1F)C2. The maximum absolute atomic E-state index is 13.9. The van der Waals surface area contributed by atoms with Crippen molar-refractivity contribution in [1.29, 1.82) is 0 Å². The Kier molecular flexibility index (Phi) is 4.56. The van der Waals surface area contributed by atoms with Crippen molar-refractivity contribution in [2.24, 2.45) is 5.92 Å². The van der Waals surface area contributed by atoms with Crippen LogP contribution in [0.3, 0.4) is 0 Å². The number of fused-ring (bicyclic) bond motifs is 2. The number of nitrogens with zero attached hydrogens (tertiary/aromatic N) is 1. The third-order valence-corrected chi connectivity index (χ3v) is 4.93. The van der Waals surface area contributed by atoms with E-state index in [1.165, 1.54) is 12.1 Å². The van der Waals surface area contributed by atoms with E-state index in [4.69, 9.17) is 4.74 Å². The highest BCUT2D eigenvalue weighted by atomic mass is 19.2. The van der Waals surface area contributed by atoms with Gasteiger partial charge in [-0.25, -0.2) is 13.6 Å². The number of hydrogen-bond donors (Lipinski definition) is 0. The van der Waals surface area contributed by atoms with E-state index < -0.39 is 23.2 Å². The van der Waals surface area contributed by atoms with Crippen molar-refractivity contribution in [3.8, 4) is 0 Å². The normalized spacial score (nSPS) is 25.8. The fourth-order valence-corrected chi connectivity index (χ4v) is 3.92. The summed E-state index contributed by atoms with van der Waals surface area (Å²) >= 11 is 0. The van der Waals surface area contributed by atoms with Gasteiger partial charge in [0.05, 0.1) is 5.56 Å². The maximum Gasteiger partial charge on any atom is 0.410 e. The van der Waals surface area contributed by atoms with Gasteiger partial charge in [0.25, 0.3) is 0 Å². The molecular weight excluding hydrogens is 328 g/mol. The molecule has 2 heterocycles. The van der Waals surface area contributed by atoms with E-state index in [-0.39, 0.29) is 29.5 Å². The first-order valence-corrected chi connectivity index (χ1v) is 8.67. The highest BCUT2D eigenvalue weighted by molar-refractivity contribution is 5.98. The third-order valence-electron chi connectivity index (χ3n) is 4.93. The van der Waals surface area contributed by atoms with Crippen molar-refractivity contribution in [3.63, 3.8) is 0 Å². The quantitative estimate of drug-likeness (QED) is 0.745. The van der Waals surface area contributed by atoms with Gasteiger partial charge in [0.15, 0.2) is 17.4 Å². The van der Waals surface area contributed by atoms with E-state index in [1.807, 2.05) is 20.8 Å². The molecule has 0 aliphatic carbocycles. The van der Waals surface area contributed by atoms with Gasteiger partial charge >= 0.3 is 6.09 Å². The molecule has 25 heavy (non-hydrogen) atoms. The van der Waals surface area contributed by atoms with E-state index in [9.17, 15) is 18.4 Å². The van der Waals surface area contributed by atoms with Crippen molar-refractivity contribution < 1.29 is 23.1 Å². The van der Waals surface area contributed by atoms with E-state index in [2.05, 4.69) is 0 Å². The smallest absolute Gasteiger partial charge is 0.410 e. The van der Waals surface area contributed by atoms with E-state index in [1.54, 1.807) is 4.90 Å². The number of carbonyl (C=O) groups excluding carboxylic acids is 2. The van der Waals surface area contributed by atoms with Gasteiger partial charge in [0.2, 0.25) is 0 Å². The number of ether oxygens (including phenoxy) is 1. The van der Waals surface area contributed by atoms with Crippen LogP contribution in [0.15, 0.2) is 18.2 Å². The Labute approximate surface area is 146 Å². The molecule has 136 valence electrons. The topological polar surface area (TPSA) is 46.6 Å². The average Bonchev–Trinajstić information content (AvgIpc) is 2.78. The number of hydrogen-bond acceptors (Lipinski definition) is 3. The zero-order valence-electron chi connectivity index (χ0n) is 14.7. The van der Waals surface area contributed by atoms with E-state index in [0.29, 0.717) is 12.8 Å². The predicted molar refractivity (Wildman–Crippen MR) is 88.3 cm³/mol. The molecule has 2 aliphatic heterocycles. The summed E-state index contributed by atoms with van der Waals surface area (Å²) in [4.78, 5) is 26.8. The Bertz CT molecular complexity index is 684. The molecule has 2 atom stereocenters. The fourth-order valence-electron chi connectivity index (χ4n) is 3.92. The van der Waals surface area contributed by atoms with Gasteiger partial charge in [0, 0.05) is 18.0 Å². The molecule has 2 aliphatic rings. The molecule has 1 aromatic rings. The van der Waals surface area contributed by atoms with Gasteiger partial charge in [-0.15, -0.1) is 0 Å². The first-order valence-electron chi connectivity index (χ1n) is 8.67. The molecule has 1 aromatic carbocycles. The number of ketones is 1. The van der Waals surface area contributed by atoms with Crippen molar-refractivity contribution in [2.45, 2.75) is 64.1 Å². The summed E-state index contributed by atoms with van der Waals surface area (Å²) < 4.78 is 32.8. The van der Waals surface area contributed by atoms with Crippen LogP contribution in [0.1, 0.15) is 56.8 Å². The Morgan fingerprint density at radius 3 is 2.28 bits per heavy atom. The van der Waals surface area contributed by atoms with Gasteiger partial charge in [0.1, 0.15) is 5.60 Å². The Balaban J connectivity index is 1.74. The number of Topliss-reactive ketones (excluding diaryl/α,β-unsaturated/α-hetero) is 1. The minimum absolute atomic E-state index is 0.0841. The standard InChI is InChI=1S/C19H23F2NO3/c1-19(2,3)25-18(24)22-12-7-8-13(22)10-11(9-12)17(23)14-5-4-6-15(20)16(14)21/h4-6,11-13H,7-10H2,1-3H3. The number of piperidine rings is 1.